The number of aromatic nitrogens is 2. The third-order valence-corrected chi connectivity index (χ3v) is 5.52. The molecule has 0 atom stereocenters. The number of rotatable bonds is 4. The van der Waals surface area contributed by atoms with Crippen molar-refractivity contribution in [3.63, 3.8) is 0 Å². The second kappa shape index (κ2) is 7.38. The van der Waals surface area contributed by atoms with Crippen LogP contribution in [-0.2, 0) is 6.54 Å². The Morgan fingerprint density at radius 2 is 2.04 bits per heavy atom. The van der Waals surface area contributed by atoms with E-state index in [1.165, 1.54) is 27.9 Å². The minimum absolute atomic E-state index is 0.0792. The smallest absolute Gasteiger partial charge is 0.270 e. The number of non-ortho nitro benzene ring substituents is 1. The quantitative estimate of drug-likeness (QED) is 0.489. The van der Waals surface area contributed by atoms with Crippen molar-refractivity contribution in [2.75, 3.05) is 31.1 Å². The molecule has 9 nitrogen and oxygen atoms in total. The van der Waals surface area contributed by atoms with Gasteiger partial charge in [0.2, 0.25) is 0 Å². The molecule has 0 saturated carbocycles. The van der Waals surface area contributed by atoms with Gasteiger partial charge in [0.25, 0.3) is 11.2 Å². The summed E-state index contributed by atoms with van der Waals surface area (Å²) < 4.78 is 1.53. The van der Waals surface area contributed by atoms with Crippen LogP contribution in [0, 0.1) is 21.4 Å². The Labute approximate surface area is 163 Å². The Kier molecular flexibility index (Phi) is 4.77. The van der Waals surface area contributed by atoms with E-state index in [-0.39, 0.29) is 11.2 Å². The van der Waals surface area contributed by atoms with Gasteiger partial charge in [-0.05, 0) is 6.07 Å². The number of hydrogen-bond donors (Lipinski definition) is 0. The number of fused-ring (bicyclic) bond motifs is 1. The third kappa shape index (κ3) is 3.45. The molecule has 3 heterocycles. The molecule has 0 spiro atoms. The normalized spacial score (nSPS) is 14.9. The number of nitrogens with zero attached hydrogens (tertiary/aromatic N) is 6. The van der Waals surface area contributed by atoms with E-state index in [1.807, 2.05) is 5.38 Å². The van der Waals surface area contributed by atoms with Crippen LogP contribution < -0.4 is 10.5 Å². The van der Waals surface area contributed by atoms with E-state index in [4.69, 9.17) is 0 Å². The lowest BCUT2D eigenvalue weighted by atomic mass is 10.1. The minimum atomic E-state index is -0.497. The van der Waals surface area contributed by atoms with Crippen LogP contribution in [0.2, 0.25) is 0 Å². The van der Waals surface area contributed by atoms with Gasteiger partial charge in [0.05, 0.1) is 21.9 Å². The van der Waals surface area contributed by atoms with Gasteiger partial charge in [0.15, 0.2) is 4.96 Å². The van der Waals surface area contributed by atoms with Crippen molar-refractivity contribution in [3.05, 3.63) is 67.6 Å². The van der Waals surface area contributed by atoms with Gasteiger partial charge in [-0.15, -0.1) is 11.3 Å². The lowest BCUT2D eigenvalue weighted by Gasteiger charge is -2.36. The van der Waals surface area contributed by atoms with Crippen LogP contribution in [0.15, 0.2) is 40.6 Å². The predicted molar refractivity (Wildman–Crippen MR) is 105 cm³/mol. The number of piperazine rings is 1. The molecule has 1 fully saturated rings. The fourth-order valence-corrected chi connectivity index (χ4v) is 4.09. The van der Waals surface area contributed by atoms with Gasteiger partial charge >= 0.3 is 0 Å². The summed E-state index contributed by atoms with van der Waals surface area (Å²) in [7, 11) is 0. The Bertz CT molecular complexity index is 1140. The summed E-state index contributed by atoms with van der Waals surface area (Å²) in [5.74, 6) is 0. The van der Waals surface area contributed by atoms with Crippen molar-refractivity contribution >= 4 is 27.7 Å². The van der Waals surface area contributed by atoms with E-state index in [2.05, 4.69) is 20.9 Å². The van der Waals surface area contributed by atoms with E-state index in [9.17, 15) is 20.2 Å². The molecule has 1 aromatic carbocycles. The summed E-state index contributed by atoms with van der Waals surface area (Å²) in [5, 5.41) is 22.1. The molecule has 1 aliphatic heterocycles. The van der Waals surface area contributed by atoms with Crippen LogP contribution in [0.3, 0.4) is 0 Å². The molecule has 28 heavy (non-hydrogen) atoms. The van der Waals surface area contributed by atoms with Crippen LogP contribution in [0.1, 0.15) is 11.3 Å². The van der Waals surface area contributed by atoms with Gasteiger partial charge in [-0.2, -0.15) is 5.26 Å². The predicted octanol–water partition coefficient (Wildman–Crippen LogP) is 1.86. The Balaban J connectivity index is 1.45. The van der Waals surface area contributed by atoms with E-state index >= 15 is 0 Å². The number of thiazole rings is 1. The third-order valence-electron chi connectivity index (χ3n) is 4.77. The lowest BCUT2D eigenvalue weighted by Crippen LogP contribution is -2.46. The van der Waals surface area contributed by atoms with Gasteiger partial charge in [0, 0.05) is 62.5 Å². The second-order valence-corrected chi connectivity index (χ2v) is 7.35. The average Bonchev–Trinajstić information content (AvgIpc) is 3.17. The van der Waals surface area contributed by atoms with Crippen molar-refractivity contribution in [2.45, 2.75) is 6.54 Å². The van der Waals surface area contributed by atoms with Crippen molar-refractivity contribution in [2.24, 2.45) is 0 Å². The number of anilines is 1. The number of nitro benzene ring substituents is 1. The van der Waals surface area contributed by atoms with Crippen molar-refractivity contribution in [1.82, 2.24) is 14.3 Å². The zero-order valence-electron chi connectivity index (χ0n) is 14.8. The number of hydrogen-bond acceptors (Lipinski definition) is 8. The fraction of sp³-hybridized carbons (Fsp3) is 0.278. The lowest BCUT2D eigenvalue weighted by molar-refractivity contribution is -0.384. The SMILES string of the molecule is N#Cc1cc([N+](=O)[O-])ccc1N1CCN(Cc2cc(=O)n3ccsc3n2)CC1. The number of benzene rings is 1. The maximum Gasteiger partial charge on any atom is 0.270 e. The summed E-state index contributed by atoms with van der Waals surface area (Å²) in [6.45, 7) is 3.45. The molecule has 142 valence electrons. The van der Waals surface area contributed by atoms with Gasteiger partial charge in [-0.25, -0.2) is 4.98 Å². The first-order valence-corrected chi connectivity index (χ1v) is 9.55. The van der Waals surface area contributed by atoms with Crippen molar-refractivity contribution in [3.8, 4) is 6.07 Å². The van der Waals surface area contributed by atoms with Crippen molar-refractivity contribution in [1.29, 1.82) is 5.26 Å². The summed E-state index contributed by atoms with van der Waals surface area (Å²) in [5.41, 5.74) is 1.60. The molecule has 1 aliphatic rings. The molecule has 0 bridgehead atoms. The van der Waals surface area contributed by atoms with Gasteiger partial charge < -0.3 is 4.90 Å². The summed E-state index contributed by atoms with van der Waals surface area (Å²) in [4.78, 5) is 32.0. The summed E-state index contributed by atoms with van der Waals surface area (Å²) in [6, 6.07) is 8.00. The van der Waals surface area contributed by atoms with Gasteiger partial charge in [0.1, 0.15) is 6.07 Å². The molecule has 10 heteroatoms. The molecule has 0 unspecified atom stereocenters. The average molecular weight is 396 g/mol. The first-order chi connectivity index (χ1) is 13.5. The highest BCUT2D eigenvalue weighted by molar-refractivity contribution is 7.15. The van der Waals surface area contributed by atoms with E-state index < -0.39 is 4.92 Å². The first kappa shape index (κ1) is 18.1. The zero-order chi connectivity index (χ0) is 19.7. The maximum absolute atomic E-state index is 12.1. The highest BCUT2D eigenvalue weighted by Gasteiger charge is 2.21. The zero-order valence-corrected chi connectivity index (χ0v) is 15.6. The molecule has 2 aromatic heterocycles. The molecule has 0 amide bonds. The molecule has 0 N–H and O–H groups in total. The molecule has 1 saturated heterocycles. The maximum atomic E-state index is 12.1. The van der Waals surface area contributed by atoms with Crippen LogP contribution in [0.25, 0.3) is 4.96 Å². The molecule has 0 radical (unpaired) electrons. The van der Waals surface area contributed by atoms with Crippen LogP contribution >= 0.6 is 11.3 Å². The molecule has 0 aliphatic carbocycles. The van der Waals surface area contributed by atoms with Crippen LogP contribution in [-0.4, -0.2) is 45.4 Å². The molecular formula is C18H16N6O3S. The molecule has 4 rings (SSSR count). The topological polar surface area (TPSA) is 108 Å². The highest BCUT2D eigenvalue weighted by Crippen LogP contribution is 2.26. The van der Waals surface area contributed by atoms with Crippen LogP contribution in [0.4, 0.5) is 11.4 Å². The Hall–Kier alpha value is -3.29. The number of nitro groups is 1. The second-order valence-electron chi connectivity index (χ2n) is 6.47. The summed E-state index contributed by atoms with van der Waals surface area (Å²) >= 11 is 1.43. The monoisotopic (exact) mass is 396 g/mol. The van der Waals surface area contributed by atoms with Gasteiger partial charge in [-0.3, -0.25) is 24.2 Å². The van der Waals surface area contributed by atoms with E-state index in [0.717, 1.165) is 18.8 Å². The highest BCUT2D eigenvalue weighted by atomic mass is 32.1. The van der Waals surface area contributed by atoms with E-state index in [1.54, 1.807) is 18.3 Å². The first-order valence-electron chi connectivity index (χ1n) is 8.67. The molecular weight excluding hydrogens is 380 g/mol. The minimum Gasteiger partial charge on any atom is -0.368 e. The van der Waals surface area contributed by atoms with Gasteiger partial charge in [-0.1, -0.05) is 0 Å². The Morgan fingerprint density at radius 3 is 2.75 bits per heavy atom. The number of nitriles is 1. The summed E-state index contributed by atoms with van der Waals surface area (Å²) in [6.07, 6.45) is 1.72. The molecule has 3 aromatic rings. The largest absolute Gasteiger partial charge is 0.368 e. The van der Waals surface area contributed by atoms with E-state index in [0.29, 0.717) is 35.8 Å². The Morgan fingerprint density at radius 1 is 1.25 bits per heavy atom. The standard InChI is InChI=1S/C18H16N6O3S/c19-11-13-9-15(24(26)27)1-2-16(13)22-5-3-21(4-6-22)12-14-10-17(25)23-7-8-28-18(23)20-14/h1-2,7-10H,3-6,12H2. The van der Waals surface area contributed by atoms with Crippen molar-refractivity contribution < 1.29 is 4.92 Å². The van der Waals surface area contributed by atoms with Crippen LogP contribution in [0.5, 0.6) is 0 Å². The fourth-order valence-electron chi connectivity index (χ4n) is 3.35.